The minimum atomic E-state index is -2.63. The van der Waals surface area contributed by atoms with Crippen LogP contribution >= 0.6 is 0 Å². The standard InChI is InChI=1S/C20H44O4Si/c1-8-21-13-9-17-25(22-14-10-18(2)3,23-15-11-19(4)5)24-16-12-20(6)7/h18-20H,8-17H2,1-7H3. The number of hydrogen-bond donors (Lipinski definition) is 0. The first-order valence-electron chi connectivity index (χ1n) is 10.3. The topological polar surface area (TPSA) is 36.9 Å². The molecule has 0 N–H and O–H groups in total. The van der Waals surface area contributed by atoms with Gasteiger partial charge in [0.2, 0.25) is 0 Å². The van der Waals surface area contributed by atoms with Crippen LogP contribution in [0.2, 0.25) is 6.04 Å². The molecule has 0 aromatic heterocycles. The fourth-order valence-corrected chi connectivity index (χ4v) is 4.77. The molecular formula is C20H44O4Si. The van der Waals surface area contributed by atoms with Crippen LogP contribution in [0.25, 0.3) is 0 Å². The van der Waals surface area contributed by atoms with Crippen LogP contribution < -0.4 is 0 Å². The SMILES string of the molecule is CCOCCC[Si](OCCC(C)C)(OCCC(C)C)OCCC(C)C. The molecule has 0 rings (SSSR count). The highest BCUT2D eigenvalue weighted by Gasteiger charge is 2.40. The first-order chi connectivity index (χ1) is 11.8. The highest BCUT2D eigenvalue weighted by molar-refractivity contribution is 6.60. The lowest BCUT2D eigenvalue weighted by Crippen LogP contribution is -2.47. The molecule has 0 aromatic carbocycles. The van der Waals surface area contributed by atoms with Crippen LogP contribution in [-0.2, 0) is 18.0 Å². The van der Waals surface area contributed by atoms with Gasteiger partial charge >= 0.3 is 8.80 Å². The Morgan fingerprint density at radius 2 is 1.04 bits per heavy atom. The van der Waals surface area contributed by atoms with E-state index in [1.54, 1.807) is 0 Å². The van der Waals surface area contributed by atoms with Gasteiger partial charge in [0, 0.05) is 39.1 Å². The zero-order valence-corrected chi connectivity index (χ0v) is 18.9. The Balaban J connectivity index is 4.79. The van der Waals surface area contributed by atoms with E-state index < -0.39 is 8.80 Å². The fourth-order valence-electron chi connectivity index (χ4n) is 2.23. The molecule has 5 heteroatoms. The van der Waals surface area contributed by atoms with Gasteiger partial charge in [0.1, 0.15) is 0 Å². The van der Waals surface area contributed by atoms with Crippen molar-refractivity contribution in [1.82, 2.24) is 0 Å². The monoisotopic (exact) mass is 376 g/mol. The first-order valence-corrected chi connectivity index (χ1v) is 12.2. The van der Waals surface area contributed by atoms with Crippen molar-refractivity contribution < 1.29 is 18.0 Å². The second-order valence-electron chi connectivity index (χ2n) is 8.08. The summed E-state index contributed by atoms with van der Waals surface area (Å²) in [5, 5.41) is 0. The molecule has 0 unspecified atom stereocenters. The molecule has 4 nitrogen and oxygen atoms in total. The van der Waals surface area contributed by atoms with Crippen molar-refractivity contribution in [2.75, 3.05) is 33.0 Å². The molecule has 0 aliphatic heterocycles. The van der Waals surface area contributed by atoms with E-state index >= 15 is 0 Å². The van der Waals surface area contributed by atoms with E-state index in [-0.39, 0.29) is 0 Å². The zero-order chi connectivity index (χ0) is 19.1. The van der Waals surface area contributed by atoms with Crippen LogP contribution in [0.1, 0.15) is 74.1 Å². The molecule has 0 aliphatic rings. The van der Waals surface area contributed by atoms with Gasteiger partial charge < -0.3 is 18.0 Å². The Bertz CT molecular complexity index is 259. The van der Waals surface area contributed by atoms with Crippen LogP contribution in [0, 0.1) is 17.8 Å². The predicted molar refractivity (Wildman–Crippen MR) is 108 cm³/mol. The van der Waals surface area contributed by atoms with E-state index in [2.05, 4.69) is 41.5 Å². The average molecular weight is 377 g/mol. The summed E-state index contributed by atoms with van der Waals surface area (Å²) in [6, 6.07) is 0.848. The molecule has 0 radical (unpaired) electrons. The van der Waals surface area contributed by atoms with Crippen LogP contribution in [-0.4, -0.2) is 41.8 Å². The van der Waals surface area contributed by atoms with Gasteiger partial charge in [0.25, 0.3) is 0 Å². The maximum atomic E-state index is 6.32. The lowest BCUT2D eigenvalue weighted by Gasteiger charge is -2.31. The molecule has 0 saturated carbocycles. The molecule has 0 atom stereocenters. The van der Waals surface area contributed by atoms with E-state index in [0.717, 1.165) is 64.8 Å². The summed E-state index contributed by atoms with van der Waals surface area (Å²) in [6.45, 7) is 19.0. The lowest BCUT2D eigenvalue weighted by molar-refractivity contribution is 0.0468. The Morgan fingerprint density at radius 1 is 0.640 bits per heavy atom. The smallest absolute Gasteiger partial charge is 0.382 e. The average Bonchev–Trinajstić information content (AvgIpc) is 2.50. The largest absolute Gasteiger partial charge is 0.501 e. The molecule has 0 bridgehead atoms. The van der Waals surface area contributed by atoms with E-state index in [1.165, 1.54) is 0 Å². The molecule has 0 heterocycles. The summed E-state index contributed by atoms with van der Waals surface area (Å²) < 4.78 is 24.5. The summed E-state index contributed by atoms with van der Waals surface area (Å²) in [7, 11) is -2.63. The van der Waals surface area contributed by atoms with Gasteiger partial charge in [-0.2, -0.15) is 0 Å². The third-order valence-corrected chi connectivity index (χ3v) is 6.93. The number of hydrogen-bond acceptors (Lipinski definition) is 4. The van der Waals surface area contributed by atoms with E-state index in [9.17, 15) is 0 Å². The van der Waals surface area contributed by atoms with Crippen LogP contribution in [0.5, 0.6) is 0 Å². The third kappa shape index (κ3) is 14.9. The molecular weight excluding hydrogens is 332 g/mol. The summed E-state index contributed by atoms with van der Waals surface area (Å²) in [5.74, 6) is 1.88. The van der Waals surface area contributed by atoms with Crippen molar-refractivity contribution in [3.63, 3.8) is 0 Å². The van der Waals surface area contributed by atoms with Gasteiger partial charge in [-0.15, -0.1) is 0 Å². The molecule has 0 aliphatic carbocycles. The first kappa shape index (κ1) is 25.1. The summed E-state index contributed by atoms with van der Waals surface area (Å²) in [4.78, 5) is 0. The molecule has 25 heavy (non-hydrogen) atoms. The van der Waals surface area contributed by atoms with Gasteiger partial charge in [-0.3, -0.25) is 0 Å². The Morgan fingerprint density at radius 3 is 1.36 bits per heavy atom. The van der Waals surface area contributed by atoms with E-state index in [4.69, 9.17) is 18.0 Å². The van der Waals surface area contributed by atoms with E-state index in [1.807, 2.05) is 6.92 Å². The van der Waals surface area contributed by atoms with Gasteiger partial charge in [-0.1, -0.05) is 41.5 Å². The highest BCUT2D eigenvalue weighted by atomic mass is 28.4. The minimum absolute atomic E-state index is 0.626. The maximum Gasteiger partial charge on any atom is 0.501 e. The molecule has 0 saturated heterocycles. The minimum Gasteiger partial charge on any atom is -0.382 e. The summed E-state index contributed by atoms with van der Waals surface area (Å²) in [5.41, 5.74) is 0. The Kier molecular flexibility index (Phi) is 15.2. The quantitative estimate of drug-likeness (QED) is 0.247. The second kappa shape index (κ2) is 15.1. The van der Waals surface area contributed by atoms with Gasteiger partial charge in [0.05, 0.1) is 0 Å². The molecule has 0 fully saturated rings. The van der Waals surface area contributed by atoms with Gasteiger partial charge in [-0.05, 0) is 50.4 Å². The number of rotatable bonds is 17. The third-order valence-electron chi connectivity index (χ3n) is 4.03. The van der Waals surface area contributed by atoms with Gasteiger partial charge in [0.15, 0.2) is 0 Å². The van der Waals surface area contributed by atoms with Crippen molar-refractivity contribution in [2.24, 2.45) is 17.8 Å². The lowest BCUT2D eigenvalue weighted by atomic mass is 10.2. The van der Waals surface area contributed by atoms with Crippen LogP contribution in [0.3, 0.4) is 0 Å². The fraction of sp³-hybridized carbons (Fsp3) is 1.00. The molecule has 152 valence electrons. The Labute approximate surface area is 158 Å². The Hall–Kier alpha value is 0.0569. The zero-order valence-electron chi connectivity index (χ0n) is 17.9. The normalized spacial score (nSPS) is 12.7. The van der Waals surface area contributed by atoms with Crippen molar-refractivity contribution in [3.8, 4) is 0 Å². The van der Waals surface area contributed by atoms with Crippen molar-refractivity contribution >= 4 is 8.80 Å². The molecule has 0 spiro atoms. The molecule has 0 amide bonds. The van der Waals surface area contributed by atoms with Crippen LogP contribution in [0.4, 0.5) is 0 Å². The van der Waals surface area contributed by atoms with Crippen molar-refractivity contribution in [3.05, 3.63) is 0 Å². The number of ether oxygens (including phenoxy) is 1. The summed E-state index contributed by atoms with van der Waals surface area (Å²) >= 11 is 0. The second-order valence-corrected chi connectivity index (χ2v) is 10.8. The van der Waals surface area contributed by atoms with E-state index in [0.29, 0.717) is 17.8 Å². The van der Waals surface area contributed by atoms with Crippen molar-refractivity contribution in [1.29, 1.82) is 0 Å². The maximum absolute atomic E-state index is 6.32. The predicted octanol–water partition coefficient (Wildman–Crippen LogP) is 5.54. The van der Waals surface area contributed by atoms with Crippen LogP contribution in [0.15, 0.2) is 0 Å². The highest BCUT2D eigenvalue weighted by Crippen LogP contribution is 2.21. The van der Waals surface area contributed by atoms with Crippen molar-refractivity contribution in [2.45, 2.75) is 80.2 Å². The summed E-state index contributed by atoms with van der Waals surface area (Å²) in [6.07, 6.45) is 4.06. The molecule has 0 aromatic rings. The van der Waals surface area contributed by atoms with Gasteiger partial charge in [-0.25, -0.2) is 0 Å².